The van der Waals surface area contributed by atoms with Gasteiger partial charge in [0.25, 0.3) is 5.78 Å². The molecule has 0 saturated heterocycles. The van der Waals surface area contributed by atoms with Crippen LogP contribution < -0.4 is 11.1 Å². The van der Waals surface area contributed by atoms with Gasteiger partial charge in [-0.05, 0) is 45.1 Å². The van der Waals surface area contributed by atoms with Gasteiger partial charge in [-0.1, -0.05) is 13.8 Å². The van der Waals surface area contributed by atoms with Crippen molar-refractivity contribution in [3.8, 4) is 0 Å². The molecular formula is C17H29ClN6O. The van der Waals surface area contributed by atoms with Gasteiger partial charge in [0.05, 0.1) is 0 Å². The maximum absolute atomic E-state index is 12.4. The van der Waals surface area contributed by atoms with E-state index < -0.39 is 0 Å². The highest BCUT2D eigenvalue weighted by Gasteiger charge is 2.25. The number of carbonyl (C=O) groups is 1. The number of hydrogen-bond donors (Lipinski definition) is 2. The molecule has 0 radical (unpaired) electrons. The van der Waals surface area contributed by atoms with Crippen molar-refractivity contribution in [3.05, 3.63) is 23.3 Å². The first-order chi connectivity index (χ1) is 11.3. The lowest BCUT2D eigenvalue weighted by Crippen LogP contribution is -2.52. The van der Waals surface area contributed by atoms with Crippen LogP contribution in [-0.4, -0.2) is 37.6 Å². The highest BCUT2D eigenvalue weighted by molar-refractivity contribution is 5.85. The van der Waals surface area contributed by atoms with E-state index >= 15 is 0 Å². The standard InChI is InChI=1S/C17H28N6O.ClH/c1-11(2)8-17(5,9-18)22-15(24)7-6-14-12(3)21-16-19-10-20-23(16)13(14)4;/h10-11H,6-9,18H2,1-5H3,(H,22,24);1H. The molecule has 25 heavy (non-hydrogen) atoms. The minimum absolute atomic E-state index is 0. The van der Waals surface area contributed by atoms with Crippen LogP contribution in [0.2, 0.25) is 0 Å². The molecule has 0 fully saturated rings. The van der Waals surface area contributed by atoms with Gasteiger partial charge >= 0.3 is 0 Å². The number of halogens is 1. The molecule has 0 spiro atoms. The fourth-order valence-electron chi connectivity index (χ4n) is 3.24. The van der Waals surface area contributed by atoms with Crippen molar-refractivity contribution >= 4 is 24.1 Å². The summed E-state index contributed by atoms with van der Waals surface area (Å²) in [5.74, 6) is 1.08. The Balaban J connectivity index is 0.00000312. The lowest BCUT2D eigenvalue weighted by Gasteiger charge is -2.31. The van der Waals surface area contributed by atoms with E-state index in [1.807, 2.05) is 20.8 Å². The van der Waals surface area contributed by atoms with E-state index in [9.17, 15) is 4.79 Å². The van der Waals surface area contributed by atoms with Crippen LogP contribution in [0.3, 0.4) is 0 Å². The number of nitrogens with one attached hydrogen (secondary N) is 1. The van der Waals surface area contributed by atoms with Crippen molar-refractivity contribution in [1.82, 2.24) is 24.9 Å². The molecule has 2 rings (SSSR count). The van der Waals surface area contributed by atoms with Crippen molar-refractivity contribution < 1.29 is 4.79 Å². The number of fused-ring (bicyclic) bond motifs is 1. The van der Waals surface area contributed by atoms with Crippen molar-refractivity contribution in [3.63, 3.8) is 0 Å². The van der Waals surface area contributed by atoms with Gasteiger partial charge in [0.2, 0.25) is 5.91 Å². The predicted molar refractivity (Wildman–Crippen MR) is 101 cm³/mol. The smallest absolute Gasteiger partial charge is 0.252 e. The highest BCUT2D eigenvalue weighted by atomic mass is 35.5. The number of nitrogens with zero attached hydrogens (tertiary/aromatic N) is 4. The van der Waals surface area contributed by atoms with Crippen LogP contribution in [0.5, 0.6) is 0 Å². The molecule has 8 heteroatoms. The van der Waals surface area contributed by atoms with E-state index in [1.54, 1.807) is 4.52 Å². The quantitative estimate of drug-likeness (QED) is 0.778. The molecule has 2 heterocycles. The van der Waals surface area contributed by atoms with E-state index in [1.165, 1.54) is 6.33 Å². The Hall–Kier alpha value is -1.73. The Morgan fingerprint density at radius 2 is 2.08 bits per heavy atom. The van der Waals surface area contributed by atoms with Crippen molar-refractivity contribution in [2.45, 2.75) is 59.4 Å². The normalized spacial score (nSPS) is 13.6. The second-order valence-electron chi connectivity index (χ2n) is 7.14. The minimum Gasteiger partial charge on any atom is -0.350 e. The molecule has 0 aliphatic carbocycles. The van der Waals surface area contributed by atoms with E-state index in [4.69, 9.17) is 5.73 Å². The molecule has 2 aromatic heterocycles. The zero-order valence-corrected chi connectivity index (χ0v) is 16.5. The number of rotatable bonds is 7. The minimum atomic E-state index is -0.358. The third-order valence-corrected chi connectivity index (χ3v) is 4.34. The number of amides is 1. The van der Waals surface area contributed by atoms with Crippen LogP contribution >= 0.6 is 12.4 Å². The second kappa shape index (κ2) is 8.58. The molecule has 3 N–H and O–H groups in total. The Kier molecular flexibility index (Phi) is 7.31. The average Bonchev–Trinajstić information content (AvgIpc) is 2.94. The van der Waals surface area contributed by atoms with Crippen LogP contribution in [0.1, 0.15) is 50.6 Å². The van der Waals surface area contributed by atoms with Gasteiger partial charge in [-0.15, -0.1) is 12.4 Å². The number of nitrogens with two attached hydrogens (primary N) is 1. The molecule has 1 unspecified atom stereocenters. The zero-order chi connectivity index (χ0) is 17.9. The summed E-state index contributed by atoms with van der Waals surface area (Å²) in [4.78, 5) is 20.9. The molecule has 2 aromatic rings. The van der Waals surface area contributed by atoms with Crippen molar-refractivity contribution in [2.75, 3.05) is 6.54 Å². The lowest BCUT2D eigenvalue weighted by molar-refractivity contribution is -0.122. The Labute approximate surface area is 155 Å². The molecular weight excluding hydrogens is 340 g/mol. The Morgan fingerprint density at radius 3 is 2.68 bits per heavy atom. The number of aryl methyl sites for hydroxylation is 2. The summed E-state index contributed by atoms with van der Waals surface area (Å²) in [6.07, 6.45) is 3.37. The molecule has 7 nitrogen and oxygen atoms in total. The number of carbonyl (C=O) groups excluding carboxylic acids is 1. The van der Waals surface area contributed by atoms with Gasteiger partial charge in [-0.2, -0.15) is 10.1 Å². The van der Waals surface area contributed by atoms with Gasteiger partial charge in [0, 0.05) is 29.9 Å². The third kappa shape index (κ3) is 5.12. The van der Waals surface area contributed by atoms with Gasteiger partial charge < -0.3 is 11.1 Å². The molecule has 1 atom stereocenters. The molecule has 1 amide bonds. The van der Waals surface area contributed by atoms with E-state index in [2.05, 4.69) is 34.2 Å². The Bertz CT molecular complexity index is 729. The van der Waals surface area contributed by atoms with E-state index in [0.29, 0.717) is 31.1 Å². The summed E-state index contributed by atoms with van der Waals surface area (Å²) in [7, 11) is 0. The van der Waals surface area contributed by atoms with Crippen molar-refractivity contribution in [2.24, 2.45) is 11.7 Å². The zero-order valence-electron chi connectivity index (χ0n) is 15.7. The second-order valence-corrected chi connectivity index (χ2v) is 7.14. The van der Waals surface area contributed by atoms with Crippen LogP contribution in [0.4, 0.5) is 0 Å². The van der Waals surface area contributed by atoms with Crippen LogP contribution in [0.25, 0.3) is 5.78 Å². The summed E-state index contributed by atoms with van der Waals surface area (Å²) < 4.78 is 1.71. The van der Waals surface area contributed by atoms with Crippen molar-refractivity contribution in [1.29, 1.82) is 0 Å². The van der Waals surface area contributed by atoms with E-state index in [-0.39, 0.29) is 23.9 Å². The summed E-state index contributed by atoms with van der Waals surface area (Å²) >= 11 is 0. The molecule has 0 aliphatic rings. The Morgan fingerprint density at radius 1 is 1.40 bits per heavy atom. The largest absolute Gasteiger partial charge is 0.350 e. The first-order valence-electron chi connectivity index (χ1n) is 8.42. The SMILES string of the molecule is Cc1nc2ncnn2c(C)c1CCC(=O)NC(C)(CN)CC(C)C.Cl. The summed E-state index contributed by atoms with van der Waals surface area (Å²) in [6, 6.07) is 0. The number of aromatic nitrogens is 4. The predicted octanol–water partition coefficient (Wildman–Crippen LogP) is 1.98. The van der Waals surface area contributed by atoms with Gasteiger partial charge in [0.15, 0.2) is 0 Å². The topological polar surface area (TPSA) is 98.2 Å². The maximum atomic E-state index is 12.4. The maximum Gasteiger partial charge on any atom is 0.252 e. The first kappa shape index (κ1) is 21.3. The summed E-state index contributed by atoms with van der Waals surface area (Å²) in [5.41, 5.74) is 8.42. The summed E-state index contributed by atoms with van der Waals surface area (Å²) in [6.45, 7) is 10.6. The van der Waals surface area contributed by atoms with Crippen LogP contribution in [0.15, 0.2) is 6.33 Å². The average molecular weight is 369 g/mol. The molecule has 140 valence electrons. The fourth-order valence-corrected chi connectivity index (χ4v) is 3.24. The molecule has 0 aromatic carbocycles. The van der Waals surface area contributed by atoms with Crippen LogP contribution in [-0.2, 0) is 11.2 Å². The number of hydrogen-bond acceptors (Lipinski definition) is 5. The monoisotopic (exact) mass is 368 g/mol. The molecule has 0 bridgehead atoms. The van der Waals surface area contributed by atoms with Gasteiger partial charge in [-0.3, -0.25) is 4.79 Å². The van der Waals surface area contributed by atoms with Gasteiger partial charge in [-0.25, -0.2) is 9.50 Å². The lowest BCUT2D eigenvalue weighted by atomic mass is 9.90. The van der Waals surface area contributed by atoms with E-state index in [0.717, 1.165) is 23.4 Å². The van der Waals surface area contributed by atoms with Crippen LogP contribution in [0, 0.1) is 19.8 Å². The summed E-state index contributed by atoms with van der Waals surface area (Å²) in [5, 5.41) is 7.28. The molecule has 0 saturated carbocycles. The first-order valence-corrected chi connectivity index (χ1v) is 8.42. The highest BCUT2D eigenvalue weighted by Crippen LogP contribution is 2.17. The molecule has 0 aliphatic heterocycles. The van der Waals surface area contributed by atoms with Gasteiger partial charge in [0.1, 0.15) is 6.33 Å². The third-order valence-electron chi connectivity index (χ3n) is 4.34. The fraction of sp³-hybridized carbons (Fsp3) is 0.647.